The summed E-state index contributed by atoms with van der Waals surface area (Å²) < 4.78 is 0. The monoisotopic (exact) mass is 350 g/mol. The van der Waals surface area contributed by atoms with Gasteiger partial charge in [-0.05, 0) is 48.6 Å². The van der Waals surface area contributed by atoms with E-state index in [4.69, 9.17) is 0 Å². The Morgan fingerprint density at radius 3 is 2.35 bits per heavy atom. The molecule has 0 N–H and O–H groups in total. The van der Waals surface area contributed by atoms with Crippen molar-refractivity contribution >= 4 is 11.8 Å². The van der Waals surface area contributed by atoms with Crippen molar-refractivity contribution in [1.82, 2.24) is 19.8 Å². The number of rotatable bonds is 3. The molecule has 0 spiro atoms. The summed E-state index contributed by atoms with van der Waals surface area (Å²) in [6.07, 6.45) is 9.15. The van der Waals surface area contributed by atoms with Crippen LogP contribution in [0.15, 0.2) is 49.1 Å². The van der Waals surface area contributed by atoms with Gasteiger partial charge in [0.05, 0.1) is 6.42 Å². The van der Waals surface area contributed by atoms with Crippen LogP contribution in [-0.4, -0.2) is 57.3 Å². The SMILES string of the molecule is O=C(c1ccncc1)N1CC2CCC(C1)N(C(=O)Cc1ccncc1)C2. The van der Waals surface area contributed by atoms with Crippen molar-refractivity contribution in [3.63, 3.8) is 0 Å². The lowest BCUT2D eigenvalue weighted by Crippen LogP contribution is -2.48. The number of hydrogen-bond acceptors (Lipinski definition) is 4. The van der Waals surface area contributed by atoms with E-state index in [-0.39, 0.29) is 17.9 Å². The zero-order valence-electron chi connectivity index (χ0n) is 14.6. The predicted octanol–water partition coefficient (Wildman–Crippen LogP) is 1.78. The van der Waals surface area contributed by atoms with E-state index in [0.29, 0.717) is 24.4 Å². The average Bonchev–Trinajstić information content (AvgIpc) is 3.01. The number of piperidine rings is 1. The molecule has 134 valence electrons. The van der Waals surface area contributed by atoms with Crippen LogP contribution < -0.4 is 0 Å². The molecule has 2 unspecified atom stereocenters. The van der Waals surface area contributed by atoms with E-state index >= 15 is 0 Å². The van der Waals surface area contributed by atoms with E-state index in [1.807, 2.05) is 21.9 Å². The van der Waals surface area contributed by atoms with Gasteiger partial charge in [-0.1, -0.05) is 0 Å². The molecule has 2 aromatic heterocycles. The first-order valence-corrected chi connectivity index (χ1v) is 9.08. The predicted molar refractivity (Wildman–Crippen MR) is 96.3 cm³/mol. The van der Waals surface area contributed by atoms with Crippen LogP contribution >= 0.6 is 0 Å². The topological polar surface area (TPSA) is 66.4 Å². The minimum absolute atomic E-state index is 0.0349. The van der Waals surface area contributed by atoms with Crippen LogP contribution in [0.2, 0.25) is 0 Å². The maximum atomic E-state index is 12.9. The Kier molecular flexibility index (Phi) is 4.65. The zero-order chi connectivity index (χ0) is 17.9. The Labute approximate surface area is 152 Å². The van der Waals surface area contributed by atoms with Gasteiger partial charge in [-0.15, -0.1) is 0 Å². The Morgan fingerprint density at radius 2 is 1.62 bits per heavy atom. The van der Waals surface area contributed by atoms with Crippen molar-refractivity contribution in [1.29, 1.82) is 0 Å². The molecule has 6 nitrogen and oxygen atoms in total. The van der Waals surface area contributed by atoms with Crippen molar-refractivity contribution in [3.8, 4) is 0 Å². The van der Waals surface area contributed by atoms with Gasteiger partial charge in [-0.25, -0.2) is 0 Å². The van der Waals surface area contributed by atoms with Crippen LogP contribution in [0.25, 0.3) is 0 Å². The highest BCUT2D eigenvalue weighted by Gasteiger charge is 2.38. The fraction of sp³-hybridized carbons (Fsp3) is 0.400. The fourth-order valence-electron chi connectivity index (χ4n) is 4.01. The van der Waals surface area contributed by atoms with Crippen molar-refractivity contribution in [2.45, 2.75) is 25.3 Å². The zero-order valence-corrected chi connectivity index (χ0v) is 14.6. The summed E-state index contributed by atoms with van der Waals surface area (Å²) in [4.78, 5) is 37.6. The molecule has 0 aliphatic carbocycles. The van der Waals surface area contributed by atoms with Gasteiger partial charge in [-0.3, -0.25) is 19.6 Å². The van der Waals surface area contributed by atoms with Crippen LogP contribution in [0.3, 0.4) is 0 Å². The smallest absolute Gasteiger partial charge is 0.254 e. The number of carbonyl (C=O) groups excluding carboxylic acids is 2. The molecule has 0 saturated carbocycles. The molecule has 2 aromatic rings. The molecule has 3 aliphatic heterocycles. The highest BCUT2D eigenvalue weighted by molar-refractivity contribution is 5.94. The molecule has 26 heavy (non-hydrogen) atoms. The minimum atomic E-state index is 0.0349. The number of hydrogen-bond donors (Lipinski definition) is 0. The second-order valence-corrected chi connectivity index (χ2v) is 7.12. The lowest BCUT2D eigenvalue weighted by atomic mass is 9.94. The lowest BCUT2D eigenvalue weighted by molar-refractivity contribution is -0.134. The fourth-order valence-corrected chi connectivity index (χ4v) is 4.01. The quantitative estimate of drug-likeness (QED) is 0.846. The molecule has 3 saturated heterocycles. The Bertz CT molecular complexity index is 781. The highest BCUT2D eigenvalue weighted by Crippen LogP contribution is 2.29. The molecule has 2 amide bonds. The third-order valence-electron chi connectivity index (χ3n) is 5.35. The maximum absolute atomic E-state index is 12.9. The second-order valence-electron chi connectivity index (χ2n) is 7.12. The molecule has 0 aromatic carbocycles. The summed E-state index contributed by atoms with van der Waals surface area (Å²) in [5.41, 5.74) is 1.64. The first-order chi connectivity index (χ1) is 12.7. The highest BCUT2D eigenvalue weighted by atomic mass is 16.2. The number of pyridine rings is 2. The normalized spacial score (nSPS) is 22.2. The summed E-state index contributed by atoms with van der Waals surface area (Å²) in [7, 11) is 0. The van der Waals surface area contributed by atoms with Gasteiger partial charge in [0.2, 0.25) is 5.91 Å². The van der Waals surface area contributed by atoms with E-state index in [2.05, 4.69) is 9.97 Å². The molecular formula is C20H22N4O2. The van der Waals surface area contributed by atoms with Crippen LogP contribution in [0, 0.1) is 5.92 Å². The number of fused-ring (bicyclic) bond motifs is 4. The molecule has 2 bridgehead atoms. The van der Waals surface area contributed by atoms with Gasteiger partial charge in [-0.2, -0.15) is 0 Å². The van der Waals surface area contributed by atoms with Gasteiger partial charge in [0.25, 0.3) is 5.91 Å². The summed E-state index contributed by atoms with van der Waals surface area (Å²) in [5.74, 6) is 0.526. The van der Waals surface area contributed by atoms with Gasteiger partial charge in [0.15, 0.2) is 0 Å². The van der Waals surface area contributed by atoms with Crippen molar-refractivity contribution in [2.24, 2.45) is 5.92 Å². The van der Waals surface area contributed by atoms with Crippen molar-refractivity contribution in [3.05, 3.63) is 60.2 Å². The van der Waals surface area contributed by atoms with E-state index in [1.165, 1.54) is 0 Å². The first-order valence-electron chi connectivity index (χ1n) is 9.08. The second kappa shape index (κ2) is 7.23. The molecular weight excluding hydrogens is 328 g/mol. The summed E-state index contributed by atoms with van der Waals surface area (Å²) >= 11 is 0. The van der Waals surface area contributed by atoms with Crippen LogP contribution in [0.1, 0.15) is 28.8 Å². The van der Waals surface area contributed by atoms with Gasteiger partial charge < -0.3 is 9.80 Å². The van der Waals surface area contributed by atoms with E-state index in [0.717, 1.165) is 31.5 Å². The number of carbonyl (C=O) groups is 2. The third kappa shape index (κ3) is 3.45. The molecule has 3 fully saturated rings. The van der Waals surface area contributed by atoms with Gasteiger partial charge in [0, 0.05) is 56.0 Å². The number of aromatic nitrogens is 2. The van der Waals surface area contributed by atoms with Gasteiger partial charge in [0.1, 0.15) is 0 Å². The van der Waals surface area contributed by atoms with Gasteiger partial charge >= 0.3 is 0 Å². The largest absolute Gasteiger partial charge is 0.337 e. The molecule has 2 atom stereocenters. The Hall–Kier alpha value is -2.76. The van der Waals surface area contributed by atoms with E-state index in [9.17, 15) is 9.59 Å². The molecule has 5 rings (SSSR count). The lowest BCUT2D eigenvalue weighted by Gasteiger charge is -2.36. The Morgan fingerprint density at radius 1 is 0.923 bits per heavy atom. The summed E-state index contributed by atoms with van der Waals surface area (Å²) in [6.45, 7) is 2.07. The first kappa shape index (κ1) is 16.7. The molecule has 6 heteroatoms. The van der Waals surface area contributed by atoms with E-state index in [1.54, 1.807) is 36.9 Å². The van der Waals surface area contributed by atoms with Crippen LogP contribution in [0.4, 0.5) is 0 Å². The summed E-state index contributed by atoms with van der Waals surface area (Å²) in [5, 5.41) is 0. The van der Waals surface area contributed by atoms with Crippen LogP contribution in [-0.2, 0) is 11.2 Å². The Balaban J connectivity index is 1.48. The standard InChI is InChI=1S/C20H22N4O2/c25-19(11-15-3-7-21-8-4-15)24-13-16-1-2-18(24)14-23(12-16)20(26)17-5-9-22-10-6-17/h3-10,16,18H,1-2,11-14H2. The van der Waals surface area contributed by atoms with Crippen LogP contribution in [0.5, 0.6) is 0 Å². The van der Waals surface area contributed by atoms with Crippen molar-refractivity contribution in [2.75, 3.05) is 19.6 Å². The molecule has 5 heterocycles. The number of nitrogens with zero attached hydrogens (tertiary/aromatic N) is 4. The average molecular weight is 350 g/mol. The molecule has 0 radical (unpaired) electrons. The summed E-state index contributed by atoms with van der Waals surface area (Å²) in [6, 6.07) is 7.37. The molecule has 3 aliphatic rings. The van der Waals surface area contributed by atoms with Crippen molar-refractivity contribution < 1.29 is 9.59 Å². The maximum Gasteiger partial charge on any atom is 0.254 e. The minimum Gasteiger partial charge on any atom is -0.337 e. The van der Waals surface area contributed by atoms with E-state index < -0.39 is 0 Å². The number of amides is 2. The third-order valence-corrected chi connectivity index (χ3v) is 5.35.